The Morgan fingerprint density at radius 1 is 0.410 bits per heavy atom. The van der Waals surface area contributed by atoms with Gasteiger partial charge >= 0.3 is 23.9 Å². The number of allylic oxidation sites excluding steroid dienone is 22. The molecule has 0 amide bonds. The second-order valence-corrected chi connectivity index (χ2v) is 21.3. The Bertz CT molecular complexity index is 1950. The van der Waals surface area contributed by atoms with E-state index in [0.717, 1.165) is 96.3 Å². The summed E-state index contributed by atoms with van der Waals surface area (Å²) in [6.07, 6.45) is 68.5. The minimum Gasteiger partial charge on any atom is -0.479 e. The highest BCUT2D eigenvalue weighted by atomic mass is 16.7. The summed E-state index contributed by atoms with van der Waals surface area (Å²) >= 11 is 0. The highest BCUT2D eigenvalue weighted by Crippen LogP contribution is 2.26. The molecule has 0 saturated carbocycles. The number of carbonyl (C=O) groups excluding carboxylic acids is 3. The van der Waals surface area contributed by atoms with E-state index < -0.39 is 67.3 Å². The van der Waals surface area contributed by atoms with Crippen molar-refractivity contribution in [2.75, 3.05) is 13.2 Å². The van der Waals surface area contributed by atoms with E-state index >= 15 is 0 Å². The van der Waals surface area contributed by atoms with Crippen molar-refractivity contribution in [2.24, 2.45) is 0 Å². The number of aliphatic hydroxyl groups excluding tert-OH is 2. The Morgan fingerprint density at radius 3 is 1.20 bits per heavy atom. The van der Waals surface area contributed by atoms with Crippen molar-refractivity contribution >= 4 is 23.9 Å². The fourth-order valence-electron chi connectivity index (χ4n) is 8.85. The minimum atomic E-state index is -1.93. The van der Waals surface area contributed by atoms with Gasteiger partial charge in [-0.05, 0) is 122 Å². The molecule has 12 heteroatoms. The first-order chi connectivity index (χ1) is 40.6. The van der Waals surface area contributed by atoms with Crippen molar-refractivity contribution in [3.63, 3.8) is 0 Å². The first-order valence-corrected chi connectivity index (χ1v) is 32.2. The maximum absolute atomic E-state index is 13.2. The molecule has 1 fully saturated rings. The summed E-state index contributed by atoms with van der Waals surface area (Å²) in [5.41, 5.74) is 0. The standard InChI is InChI=1S/C71H112O12/c1-4-7-10-13-16-19-22-25-28-31-32-35-38-41-44-47-50-53-56-59-65(74)82-69-67(76)66(75)68(70(77)78)83-71(69)80-61-62(81-64(73)58-55-52-49-46-43-40-37-34-30-27-24-21-18-15-12-9-6-3)60-79-63(72)57-54-51-48-45-42-39-36-33-29-26-23-20-17-14-11-8-5-2/h8-9,11-12,17-18,20-21,25-30,36-37,39-40,45-46,48-49,62,66-69,71,75-76H,4-7,10,13-16,19,22-24,31-35,38,41-44,47,50-61H2,1-3H3,(H,77,78)/b11-8-,12-9-,20-17-,21-18-,28-25-,29-26-,30-27-,39-36-,40-37-,48-45-,49-46-. The lowest BCUT2D eigenvalue weighted by Crippen LogP contribution is -2.61. The fraction of sp³-hybridized carbons (Fsp3) is 0.634. The van der Waals surface area contributed by atoms with Crippen molar-refractivity contribution in [1.82, 2.24) is 0 Å². The van der Waals surface area contributed by atoms with Gasteiger partial charge in [-0.15, -0.1) is 0 Å². The van der Waals surface area contributed by atoms with Gasteiger partial charge in [-0.3, -0.25) is 14.4 Å². The molecule has 12 nitrogen and oxygen atoms in total. The van der Waals surface area contributed by atoms with Crippen LogP contribution in [0.15, 0.2) is 134 Å². The third-order valence-electron chi connectivity index (χ3n) is 13.7. The molecule has 1 heterocycles. The predicted molar refractivity (Wildman–Crippen MR) is 340 cm³/mol. The maximum atomic E-state index is 13.2. The number of carbonyl (C=O) groups is 4. The van der Waals surface area contributed by atoms with E-state index in [1.54, 1.807) is 0 Å². The predicted octanol–water partition coefficient (Wildman–Crippen LogP) is 17.3. The molecule has 0 aromatic heterocycles. The van der Waals surface area contributed by atoms with Crippen molar-refractivity contribution in [3.8, 4) is 0 Å². The normalized spacial score (nSPS) is 18.5. The molecule has 1 aliphatic rings. The lowest BCUT2D eigenvalue weighted by Gasteiger charge is -2.40. The summed E-state index contributed by atoms with van der Waals surface area (Å²) in [7, 11) is 0. The van der Waals surface area contributed by atoms with E-state index in [0.29, 0.717) is 32.1 Å². The second-order valence-electron chi connectivity index (χ2n) is 21.3. The van der Waals surface area contributed by atoms with Crippen LogP contribution in [0.5, 0.6) is 0 Å². The molecule has 0 aromatic carbocycles. The molecular weight excluding hydrogens is 1040 g/mol. The number of rotatable bonds is 53. The number of carboxylic acids is 1. The smallest absolute Gasteiger partial charge is 0.335 e. The van der Waals surface area contributed by atoms with Crippen LogP contribution in [0.25, 0.3) is 0 Å². The van der Waals surface area contributed by atoms with Crippen molar-refractivity contribution in [2.45, 2.75) is 276 Å². The molecule has 3 N–H and O–H groups in total. The highest BCUT2D eigenvalue weighted by Gasteiger charge is 2.50. The molecule has 0 bridgehead atoms. The van der Waals surface area contributed by atoms with Gasteiger partial charge in [0, 0.05) is 19.3 Å². The van der Waals surface area contributed by atoms with E-state index in [1.165, 1.54) is 70.6 Å². The zero-order valence-corrected chi connectivity index (χ0v) is 51.6. The van der Waals surface area contributed by atoms with Gasteiger partial charge in [0.05, 0.1) is 6.61 Å². The largest absolute Gasteiger partial charge is 0.479 e. The SMILES string of the molecule is CC/C=C\C/C=C\C/C=C\C/C=C\C/C=C\CCCC(=O)OCC(COC1OC(C(=O)O)C(O)C(O)C1OC(=O)CCCCCCCCCCC/C=C\CCCCCCCC)OC(=O)CCC/C=C\C/C=C\C/C=C\C/C=C\C/C=C\CC. The lowest BCUT2D eigenvalue weighted by atomic mass is 9.98. The molecule has 0 radical (unpaired) electrons. The molecule has 0 aromatic rings. The van der Waals surface area contributed by atoms with E-state index in [2.05, 4.69) is 136 Å². The Hall–Kier alpha value is -5.14. The van der Waals surface area contributed by atoms with Gasteiger partial charge < -0.3 is 39.0 Å². The average Bonchev–Trinajstić information content (AvgIpc) is 3.58. The highest BCUT2D eigenvalue weighted by molar-refractivity contribution is 5.74. The van der Waals surface area contributed by atoms with Crippen LogP contribution < -0.4 is 0 Å². The van der Waals surface area contributed by atoms with Crippen molar-refractivity contribution in [1.29, 1.82) is 0 Å². The summed E-state index contributed by atoms with van der Waals surface area (Å²) in [5, 5.41) is 31.6. The first kappa shape index (κ1) is 75.9. The van der Waals surface area contributed by atoms with Crippen LogP contribution in [0.1, 0.15) is 239 Å². The Balaban J connectivity index is 2.74. The van der Waals surface area contributed by atoms with Crippen LogP contribution >= 0.6 is 0 Å². The van der Waals surface area contributed by atoms with Gasteiger partial charge in [-0.25, -0.2) is 4.79 Å². The summed E-state index contributed by atoms with van der Waals surface area (Å²) in [5.74, 6) is -3.30. The molecule has 468 valence electrons. The fourth-order valence-corrected chi connectivity index (χ4v) is 8.85. The lowest BCUT2D eigenvalue weighted by molar-refractivity contribution is -0.301. The van der Waals surface area contributed by atoms with Gasteiger partial charge in [0.2, 0.25) is 0 Å². The third-order valence-corrected chi connectivity index (χ3v) is 13.7. The number of hydrogen-bond acceptors (Lipinski definition) is 11. The monoisotopic (exact) mass is 1160 g/mol. The quantitative estimate of drug-likeness (QED) is 0.0228. The van der Waals surface area contributed by atoms with Crippen molar-refractivity contribution < 1.29 is 58.2 Å². The molecule has 1 aliphatic heterocycles. The zero-order valence-electron chi connectivity index (χ0n) is 51.6. The van der Waals surface area contributed by atoms with Crippen LogP contribution in [0.2, 0.25) is 0 Å². The number of aliphatic hydroxyl groups is 2. The van der Waals surface area contributed by atoms with Crippen LogP contribution in [-0.4, -0.2) is 89.2 Å². The number of unbranched alkanes of at least 4 members (excludes halogenated alkanes) is 17. The molecule has 6 unspecified atom stereocenters. The molecule has 1 saturated heterocycles. The zero-order chi connectivity index (χ0) is 60.3. The molecule has 1 rings (SSSR count). The van der Waals surface area contributed by atoms with Gasteiger partial charge in [-0.1, -0.05) is 231 Å². The van der Waals surface area contributed by atoms with E-state index in [4.69, 9.17) is 23.7 Å². The average molecular weight is 1160 g/mol. The molecule has 0 spiro atoms. The summed E-state index contributed by atoms with van der Waals surface area (Å²) in [6, 6.07) is 0. The van der Waals surface area contributed by atoms with E-state index in [-0.39, 0.29) is 25.9 Å². The maximum Gasteiger partial charge on any atom is 0.335 e. The third kappa shape index (κ3) is 46.9. The number of ether oxygens (including phenoxy) is 5. The van der Waals surface area contributed by atoms with E-state index in [1.807, 2.05) is 18.2 Å². The van der Waals surface area contributed by atoms with Crippen molar-refractivity contribution in [3.05, 3.63) is 134 Å². The van der Waals surface area contributed by atoms with Crippen LogP contribution in [0.3, 0.4) is 0 Å². The Kier molecular flexibility index (Phi) is 52.4. The second kappa shape index (κ2) is 57.3. The van der Waals surface area contributed by atoms with Gasteiger partial charge in [0.15, 0.2) is 24.6 Å². The van der Waals surface area contributed by atoms with E-state index in [9.17, 15) is 34.5 Å². The van der Waals surface area contributed by atoms with Crippen LogP contribution in [-0.2, 0) is 42.9 Å². The number of carboxylic acid groups (broad SMARTS) is 1. The molecule has 6 atom stereocenters. The molecule has 0 aliphatic carbocycles. The summed E-state index contributed by atoms with van der Waals surface area (Å²) in [4.78, 5) is 51.3. The number of hydrogen-bond donors (Lipinski definition) is 3. The van der Waals surface area contributed by atoms with Crippen LogP contribution in [0.4, 0.5) is 0 Å². The van der Waals surface area contributed by atoms with Gasteiger partial charge in [0.25, 0.3) is 0 Å². The Morgan fingerprint density at radius 2 is 0.771 bits per heavy atom. The summed E-state index contributed by atoms with van der Waals surface area (Å²) in [6.45, 7) is 5.67. The minimum absolute atomic E-state index is 0.0393. The molecule has 83 heavy (non-hydrogen) atoms. The van der Waals surface area contributed by atoms with Crippen LogP contribution in [0, 0.1) is 0 Å². The number of esters is 3. The summed E-state index contributed by atoms with van der Waals surface area (Å²) < 4.78 is 28.4. The van der Waals surface area contributed by atoms with Gasteiger partial charge in [0.1, 0.15) is 18.8 Å². The topological polar surface area (TPSA) is 175 Å². The Labute approximate surface area is 502 Å². The first-order valence-electron chi connectivity index (χ1n) is 32.2. The van der Waals surface area contributed by atoms with Gasteiger partial charge in [-0.2, -0.15) is 0 Å². The molecular formula is C71H112O12. The number of aliphatic carboxylic acids is 1.